The smallest absolute Gasteiger partial charge is 0.229 e. The van der Waals surface area contributed by atoms with Crippen LogP contribution in [0, 0.1) is 12.7 Å². The summed E-state index contributed by atoms with van der Waals surface area (Å²) in [6, 6.07) is 13.2. The molecule has 4 rings (SSSR count). The molecule has 3 aromatic rings. The number of carbonyl (C=O) groups excluding carboxylic acids is 2. The summed E-state index contributed by atoms with van der Waals surface area (Å²) in [4.78, 5) is 30.4. The van der Waals surface area contributed by atoms with E-state index >= 15 is 0 Å². The van der Waals surface area contributed by atoms with Crippen molar-refractivity contribution in [1.29, 1.82) is 0 Å². The van der Waals surface area contributed by atoms with Crippen LogP contribution < -0.4 is 10.2 Å². The molecule has 0 unspecified atom stereocenters. The zero-order valence-corrected chi connectivity index (χ0v) is 16.5. The number of carbonyl (C=O) groups is 2. The second-order valence-electron chi connectivity index (χ2n) is 7.33. The normalized spacial score (nSPS) is 16.1. The van der Waals surface area contributed by atoms with Crippen LogP contribution in [-0.4, -0.2) is 34.5 Å². The first-order valence-corrected chi connectivity index (χ1v) is 9.73. The maximum Gasteiger partial charge on any atom is 0.229 e. The van der Waals surface area contributed by atoms with E-state index in [9.17, 15) is 14.0 Å². The van der Waals surface area contributed by atoms with E-state index in [0.29, 0.717) is 30.4 Å². The number of aromatic nitrogens is 2. The summed E-state index contributed by atoms with van der Waals surface area (Å²) in [6.07, 6.45) is 0.699. The summed E-state index contributed by atoms with van der Waals surface area (Å²) in [5.41, 5.74) is 2.58. The Bertz CT molecular complexity index is 1060. The lowest BCUT2D eigenvalue weighted by molar-refractivity contribution is -0.121. The van der Waals surface area contributed by atoms with Gasteiger partial charge in [0.2, 0.25) is 23.5 Å². The summed E-state index contributed by atoms with van der Waals surface area (Å²) >= 11 is 0. The highest BCUT2D eigenvalue weighted by molar-refractivity contribution is 5.96. The van der Waals surface area contributed by atoms with Gasteiger partial charge in [-0.1, -0.05) is 28.9 Å². The number of aryl methyl sites for hydroxylation is 2. The minimum Gasteiger partial charge on any atom is -0.351 e. The predicted octanol–water partition coefficient (Wildman–Crippen LogP) is 3.04. The Balaban J connectivity index is 1.29. The van der Waals surface area contributed by atoms with Crippen LogP contribution in [0.2, 0.25) is 0 Å². The second kappa shape index (κ2) is 8.44. The Morgan fingerprint density at radius 2 is 2.07 bits per heavy atom. The van der Waals surface area contributed by atoms with E-state index in [2.05, 4.69) is 15.5 Å². The lowest BCUT2D eigenvalue weighted by Gasteiger charge is -2.17. The number of hydrogen-bond donors (Lipinski definition) is 1. The van der Waals surface area contributed by atoms with E-state index in [1.165, 1.54) is 12.1 Å². The first-order valence-electron chi connectivity index (χ1n) is 9.73. The summed E-state index contributed by atoms with van der Waals surface area (Å²) in [5, 5.41) is 6.84. The molecule has 1 aromatic heterocycles. The quantitative estimate of drug-likeness (QED) is 0.677. The van der Waals surface area contributed by atoms with Crippen LogP contribution in [0.25, 0.3) is 11.4 Å². The minimum absolute atomic E-state index is 0.105. The third-order valence-electron chi connectivity index (χ3n) is 4.94. The van der Waals surface area contributed by atoms with Gasteiger partial charge >= 0.3 is 0 Å². The highest BCUT2D eigenvalue weighted by Crippen LogP contribution is 2.22. The van der Waals surface area contributed by atoms with E-state index in [1.54, 1.807) is 17.0 Å². The molecule has 154 valence electrons. The van der Waals surface area contributed by atoms with Gasteiger partial charge in [-0.05, 0) is 37.3 Å². The van der Waals surface area contributed by atoms with Crippen molar-refractivity contribution in [3.63, 3.8) is 0 Å². The molecule has 7 nitrogen and oxygen atoms in total. The molecular formula is C22H21FN4O3. The number of nitrogens with zero attached hydrogens (tertiary/aromatic N) is 3. The van der Waals surface area contributed by atoms with Crippen LogP contribution in [0.15, 0.2) is 53.1 Å². The Morgan fingerprint density at radius 1 is 1.27 bits per heavy atom. The van der Waals surface area contributed by atoms with Gasteiger partial charge in [0.1, 0.15) is 5.82 Å². The monoisotopic (exact) mass is 408 g/mol. The molecule has 30 heavy (non-hydrogen) atoms. The molecule has 1 atom stereocenters. The number of halogens is 1. The molecular weight excluding hydrogens is 387 g/mol. The van der Waals surface area contributed by atoms with Gasteiger partial charge in [-0.3, -0.25) is 9.59 Å². The van der Waals surface area contributed by atoms with Crippen molar-refractivity contribution >= 4 is 17.5 Å². The van der Waals surface area contributed by atoms with E-state index < -0.39 is 0 Å². The van der Waals surface area contributed by atoms with Gasteiger partial charge in [-0.25, -0.2) is 4.39 Å². The minimum atomic E-state index is -0.359. The van der Waals surface area contributed by atoms with E-state index in [4.69, 9.17) is 4.52 Å². The van der Waals surface area contributed by atoms with Crippen LogP contribution in [0.4, 0.5) is 10.1 Å². The Kier molecular flexibility index (Phi) is 5.56. The Hall–Kier alpha value is -3.55. The third kappa shape index (κ3) is 4.53. The number of benzene rings is 2. The fraction of sp³-hybridized carbons (Fsp3) is 0.273. The van der Waals surface area contributed by atoms with Crippen LogP contribution in [0.3, 0.4) is 0 Å². The number of nitrogens with one attached hydrogen (secondary N) is 1. The van der Waals surface area contributed by atoms with E-state index in [-0.39, 0.29) is 36.5 Å². The largest absolute Gasteiger partial charge is 0.351 e. The molecule has 8 heteroatoms. The van der Waals surface area contributed by atoms with Gasteiger partial charge in [0, 0.05) is 37.1 Å². The second-order valence-corrected chi connectivity index (χ2v) is 7.33. The zero-order valence-electron chi connectivity index (χ0n) is 16.5. The zero-order chi connectivity index (χ0) is 21.1. The number of anilines is 1. The fourth-order valence-corrected chi connectivity index (χ4v) is 3.45. The number of hydrogen-bond acceptors (Lipinski definition) is 5. The summed E-state index contributed by atoms with van der Waals surface area (Å²) < 4.78 is 18.3. The van der Waals surface area contributed by atoms with Gasteiger partial charge in [0.15, 0.2) is 0 Å². The molecule has 1 fully saturated rings. The molecule has 0 aliphatic carbocycles. The maximum absolute atomic E-state index is 13.1. The van der Waals surface area contributed by atoms with Crippen molar-refractivity contribution in [1.82, 2.24) is 15.5 Å². The third-order valence-corrected chi connectivity index (χ3v) is 4.94. The van der Waals surface area contributed by atoms with E-state index in [0.717, 1.165) is 11.1 Å². The molecule has 1 saturated heterocycles. The van der Waals surface area contributed by atoms with Crippen molar-refractivity contribution in [2.45, 2.75) is 32.2 Å². The first-order chi connectivity index (χ1) is 14.5. The molecule has 1 N–H and O–H groups in total. The van der Waals surface area contributed by atoms with Gasteiger partial charge in [-0.15, -0.1) is 0 Å². The summed E-state index contributed by atoms with van der Waals surface area (Å²) in [7, 11) is 0. The lowest BCUT2D eigenvalue weighted by atomic mass is 10.1. The first kappa shape index (κ1) is 19.8. The molecule has 1 aliphatic heterocycles. The Morgan fingerprint density at radius 3 is 2.83 bits per heavy atom. The molecule has 1 aliphatic rings. The lowest BCUT2D eigenvalue weighted by Crippen LogP contribution is -2.37. The summed E-state index contributed by atoms with van der Waals surface area (Å²) in [6.45, 7) is 2.34. The van der Waals surface area contributed by atoms with Crippen molar-refractivity contribution in [3.05, 3.63) is 65.8 Å². The van der Waals surface area contributed by atoms with Gasteiger partial charge in [0.05, 0.1) is 6.04 Å². The maximum atomic E-state index is 13.1. The molecule has 0 bridgehead atoms. The van der Waals surface area contributed by atoms with E-state index in [1.807, 2.05) is 31.2 Å². The highest BCUT2D eigenvalue weighted by atomic mass is 19.1. The Labute approximate surface area is 172 Å². The topological polar surface area (TPSA) is 88.3 Å². The summed E-state index contributed by atoms with van der Waals surface area (Å²) in [5.74, 6) is 0.222. The van der Waals surface area contributed by atoms with Gasteiger partial charge in [0.25, 0.3) is 0 Å². The molecule has 0 spiro atoms. The fourth-order valence-electron chi connectivity index (χ4n) is 3.45. The highest BCUT2D eigenvalue weighted by Gasteiger charge is 2.31. The van der Waals surface area contributed by atoms with Crippen LogP contribution in [0.1, 0.15) is 24.3 Å². The van der Waals surface area contributed by atoms with Crippen molar-refractivity contribution < 1.29 is 18.5 Å². The number of rotatable bonds is 6. The molecule has 0 radical (unpaired) electrons. The van der Waals surface area contributed by atoms with Crippen molar-refractivity contribution in [2.75, 3.05) is 11.4 Å². The molecule has 2 amide bonds. The van der Waals surface area contributed by atoms with Crippen LogP contribution in [0.5, 0.6) is 0 Å². The molecule has 2 heterocycles. The predicted molar refractivity (Wildman–Crippen MR) is 108 cm³/mol. The van der Waals surface area contributed by atoms with Crippen LogP contribution >= 0.6 is 0 Å². The van der Waals surface area contributed by atoms with Gasteiger partial charge < -0.3 is 14.7 Å². The van der Waals surface area contributed by atoms with Crippen molar-refractivity contribution in [2.24, 2.45) is 0 Å². The van der Waals surface area contributed by atoms with Crippen molar-refractivity contribution in [3.8, 4) is 11.4 Å². The standard InChI is InChI=1S/C22H21FN4O3/c1-14-3-2-4-15(11-14)22-25-20(30-26-22)10-9-19(28)24-17-12-21(29)27(13-17)18-7-5-16(23)6-8-18/h2-8,11,17H,9-10,12-13H2,1H3,(H,24,28)/t17-/m1/s1. The van der Waals surface area contributed by atoms with Gasteiger partial charge in [-0.2, -0.15) is 4.98 Å². The molecule has 2 aromatic carbocycles. The molecule has 0 saturated carbocycles. The number of amides is 2. The SMILES string of the molecule is Cc1cccc(-c2noc(CCC(=O)N[C@@H]3CC(=O)N(c4ccc(F)cc4)C3)n2)c1. The average Bonchev–Trinajstić information content (AvgIpc) is 3.34. The average molecular weight is 408 g/mol. The van der Waals surface area contributed by atoms with Crippen LogP contribution in [-0.2, 0) is 16.0 Å².